The molecule has 3 heterocycles. The number of nitrogens with zero attached hydrogens (tertiary/aromatic N) is 3. The fraction of sp³-hybridized carbons (Fsp3) is 0.533. The van der Waals surface area contributed by atoms with Gasteiger partial charge in [0.1, 0.15) is 16.3 Å². The fourth-order valence-corrected chi connectivity index (χ4v) is 3.64. The van der Waals surface area contributed by atoms with E-state index in [4.69, 9.17) is 4.52 Å². The van der Waals surface area contributed by atoms with E-state index in [0.717, 1.165) is 37.4 Å². The van der Waals surface area contributed by atoms with Crippen LogP contribution in [0.3, 0.4) is 0 Å². The number of aryl methyl sites for hydroxylation is 1. The predicted octanol–water partition coefficient (Wildman–Crippen LogP) is 1.26. The summed E-state index contributed by atoms with van der Waals surface area (Å²) >= 11 is 0. The van der Waals surface area contributed by atoms with Gasteiger partial charge >= 0.3 is 0 Å². The average Bonchev–Trinajstić information content (AvgIpc) is 2.98. The number of rotatable bonds is 5. The molecule has 1 aliphatic heterocycles. The molecule has 1 saturated heterocycles. The van der Waals surface area contributed by atoms with Crippen molar-refractivity contribution in [1.82, 2.24) is 20.4 Å². The first kappa shape index (κ1) is 16.8. The first-order valence-electron chi connectivity index (χ1n) is 7.87. The Morgan fingerprint density at radius 1 is 1.46 bits per heavy atom. The fourth-order valence-electron chi connectivity index (χ4n) is 2.80. The van der Waals surface area contributed by atoms with Crippen molar-refractivity contribution in [3.63, 3.8) is 0 Å². The molecular formula is C15H21N5O3S. The molecule has 0 aromatic carbocycles. The first-order chi connectivity index (χ1) is 11.4. The third kappa shape index (κ3) is 3.90. The number of piperidine rings is 1. The zero-order valence-corrected chi connectivity index (χ0v) is 14.6. The van der Waals surface area contributed by atoms with Crippen LogP contribution in [-0.4, -0.2) is 42.9 Å². The van der Waals surface area contributed by atoms with Gasteiger partial charge in [-0.15, -0.1) is 0 Å². The molecule has 0 bridgehead atoms. The van der Waals surface area contributed by atoms with Crippen LogP contribution in [0.4, 0.5) is 5.95 Å². The monoisotopic (exact) mass is 351 g/mol. The summed E-state index contributed by atoms with van der Waals surface area (Å²) in [5.41, 5.74) is 1.32. The van der Waals surface area contributed by atoms with E-state index in [-0.39, 0.29) is 10.8 Å². The number of sulfone groups is 1. The maximum absolute atomic E-state index is 12.0. The maximum Gasteiger partial charge on any atom is 0.223 e. The molecule has 2 N–H and O–H groups in total. The smallest absolute Gasteiger partial charge is 0.223 e. The average molecular weight is 351 g/mol. The van der Waals surface area contributed by atoms with E-state index in [1.54, 1.807) is 0 Å². The minimum Gasteiger partial charge on any atom is -0.361 e. The minimum atomic E-state index is -3.37. The largest absolute Gasteiger partial charge is 0.361 e. The van der Waals surface area contributed by atoms with E-state index in [1.807, 2.05) is 13.0 Å². The van der Waals surface area contributed by atoms with E-state index < -0.39 is 9.84 Å². The van der Waals surface area contributed by atoms with Crippen LogP contribution < -0.4 is 10.6 Å². The van der Waals surface area contributed by atoms with Gasteiger partial charge in [0, 0.05) is 24.8 Å². The molecule has 0 spiro atoms. The van der Waals surface area contributed by atoms with Crippen LogP contribution in [0.25, 0.3) is 0 Å². The maximum atomic E-state index is 12.0. The lowest BCUT2D eigenvalue weighted by Crippen LogP contribution is -2.30. The molecule has 0 radical (unpaired) electrons. The number of nitrogens with one attached hydrogen (secondary N) is 2. The Morgan fingerprint density at radius 2 is 2.29 bits per heavy atom. The molecule has 1 aliphatic rings. The van der Waals surface area contributed by atoms with Crippen LogP contribution in [0.1, 0.15) is 35.9 Å². The minimum absolute atomic E-state index is 0.0707. The van der Waals surface area contributed by atoms with Gasteiger partial charge in [0.15, 0.2) is 9.84 Å². The van der Waals surface area contributed by atoms with Gasteiger partial charge in [-0.2, -0.15) is 0 Å². The van der Waals surface area contributed by atoms with Gasteiger partial charge < -0.3 is 15.2 Å². The van der Waals surface area contributed by atoms with Crippen LogP contribution in [-0.2, 0) is 16.4 Å². The second-order valence-corrected chi connectivity index (χ2v) is 8.03. The molecular weight excluding hydrogens is 330 g/mol. The summed E-state index contributed by atoms with van der Waals surface area (Å²) in [6, 6.07) is 1.82. The quantitative estimate of drug-likeness (QED) is 0.828. The molecule has 8 nitrogen and oxygen atoms in total. The second kappa shape index (κ2) is 6.86. The highest BCUT2D eigenvalue weighted by molar-refractivity contribution is 7.90. The summed E-state index contributed by atoms with van der Waals surface area (Å²) in [7, 11) is -3.37. The van der Waals surface area contributed by atoms with Crippen molar-refractivity contribution in [2.75, 3.05) is 24.7 Å². The molecule has 1 fully saturated rings. The summed E-state index contributed by atoms with van der Waals surface area (Å²) in [5.74, 6) is 1.19. The lowest BCUT2D eigenvalue weighted by molar-refractivity contribution is 0.391. The van der Waals surface area contributed by atoms with Crippen molar-refractivity contribution in [2.45, 2.75) is 37.1 Å². The Labute approximate surface area is 141 Å². The van der Waals surface area contributed by atoms with E-state index in [2.05, 4.69) is 25.8 Å². The van der Waals surface area contributed by atoms with Crippen molar-refractivity contribution in [3.05, 3.63) is 29.4 Å². The van der Waals surface area contributed by atoms with Crippen LogP contribution in [0.15, 0.2) is 21.7 Å². The summed E-state index contributed by atoms with van der Waals surface area (Å²) in [4.78, 5) is 8.83. The zero-order valence-electron chi connectivity index (χ0n) is 13.7. The molecule has 130 valence electrons. The highest BCUT2D eigenvalue weighted by Gasteiger charge is 2.25. The Hall–Kier alpha value is -2.00. The number of anilines is 1. The highest BCUT2D eigenvalue weighted by atomic mass is 32.2. The molecule has 9 heteroatoms. The van der Waals surface area contributed by atoms with Crippen molar-refractivity contribution in [2.24, 2.45) is 0 Å². The summed E-state index contributed by atoms with van der Waals surface area (Å²) in [6.07, 6.45) is 4.49. The predicted molar refractivity (Wildman–Crippen MR) is 88.6 cm³/mol. The van der Waals surface area contributed by atoms with Crippen molar-refractivity contribution in [1.29, 1.82) is 0 Å². The molecule has 1 atom stereocenters. The lowest BCUT2D eigenvalue weighted by Gasteiger charge is -2.24. The van der Waals surface area contributed by atoms with E-state index >= 15 is 0 Å². The van der Waals surface area contributed by atoms with Crippen LogP contribution in [0.5, 0.6) is 0 Å². The second-order valence-electron chi connectivity index (χ2n) is 6.04. The normalized spacial score (nSPS) is 18.5. The Bertz CT molecular complexity index is 812. The highest BCUT2D eigenvalue weighted by Crippen LogP contribution is 2.27. The van der Waals surface area contributed by atoms with Gasteiger partial charge in [0.25, 0.3) is 0 Å². The summed E-state index contributed by atoms with van der Waals surface area (Å²) in [6.45, 7) is 3.91. The number of hydrogen-bond donors (Lipinski definition) is 2. The molecule has 0 amide bonds. The van der Waals surface area contributed by atoms with Gasteiger partial charge in [0.2, 0.25) is 5.95 Å². The molecule has 0 aliphatic carbocycles. The van der Waals surface area contributed by atoms with E-state index in [1.165, 1.54) is 12.5 Å². The van der Waals surface area contributed by atoms with Gasteiger partial charge in [0.05, 0.1) is 18.4 Å². The Kier molecular flexibility index (Phi) is 4.81. The standard InChI is InChI=1S/C15H21N5O3S/c1-10-6-12(20-23-10)8-17-15-18-9-13(24(2,21)22)14(19-15)11-4-3-5-16-7-11/h6,9,11,16H,3-5,7-8H2,1-2H3,(H,17,18,19)/t11-/m1/s1. The molecule has 2 aromatic rings. The third-order valence-corrected chi connectivity index (χ3v) is 5.08. The third-order valence-electron chi connectivity index (χ3n) is 3.97. The van der Waals surface area contributed by atoms with Gasteiger partial charge in [-0.25, -0.2) is 18.4 Å². The van der Waals surface area contributed by atoms with Crippen LogP contribution in [0.2, 0.25) is 0 Å². The molecule has 24 heavy (non-hydrogen) atoms. The lowest BCUT2D eigenvalue weighted by atomic mass is 9.96. The molecule has 0 unspecified atom stereocenters. The Balaban J connectivity index is 1.85. The molecule has 2 aromatic heterocycles. The van der Waals surface area contributed by atoms with Crippen LogP contribution >= 0.6 is 0 Å². The topological polar surface area (TPSA) is 110 Å². The molecule has 0 saturated carbocycles. The summed E-state index contributed by atoms with van der Waals surface area (Å²) < 4.78 is 29.1. The summed E-state index contributed by atoms with van der Waals surface area (Å²) in [5, 5.41) is 10.3. The number of hydrogen-bond acceptors (Lipinski definition) is 8. The SMILES string of the molecule is Cc1cc(CNc2ncc(S(C)(=O)=O)c([C@@H]3CCCNC3)n2)no1. The van der Waals surface area contributed by atoms with Crippen molar-refractivity contribution < 1.29 is 12.9 Å². The van der Waals surface area contributed by atoms with Crippen molar-refractivity contribution >= 4 is 15.8 Å². The molecule has 3 rings (SSSR count). The van der Waals surface area contributed by atoms with Crippen LogP contribution in [0, 0.1) is 6.92 Å². The van der Waals surface area contributed by atoms with E-state index in [0.29, 0.717) is 18.2 Å². The van der Waals surface area contributed by atoms with Gasteiger partial charge in [-0.05, 0) is 26.3 Å². The van der Waals surface area contributed by atoms with Gasteiger partial charge in [-0.3, -0.25) is 0 Å². The zero-order chi connectivity index (χ0) is 17.2. The van der Waals surface area contributed by atoms with Crippen molar-refractivity contribution in [3.8, 4) is 0 Å². The number of aromatic nitrogens is 3. The first-order valence-corrected chi connectivity index (χ1v) is 9.76. The van der Waals surface area contributed by atoms with E-state index in [9.17, 15) is 8.42 Å². The van der Waals surface area contributed by atoms with Gasteiger partial charge in [-0.1, -0.05) is 5.16 Å². The Morgan fingerprint density at radius 3 is 2.92 bits per heavy atom.